The van der Waals surface area contributed by atoms with Gasteiger partial charge in [-0.1, -0.05) is 0 Å². The maximum atomic E-state index is 11.5. The molecule has 1 saturated heterocycles. The fourth-order valence-electron chi connectivity index (χ4n) is 3.39. The second-order valence-corrected chi connectivity index (χ2v) is 7.09. The molecule has 4 heteroatoms. The van der Waals surface area contributed by atoms with Gasteiger partial charge in [-0.2, -0.15) is 0 Å². The summed E-state index contributed by atoms with van der Waals surface area (Å²) in [4.78, 5) is 14.1. The molecule has 0 aromatic rings. The lowest BCUT2D eigenvalue weighted by Gasteiger charge is -2.38. The van der Waals surface area contributed by atoms with Crippen molar-refractivity contribution in [1.29, 1.82) is 0 Å². The third kappa shape index (κ3) is 4.45. The molecule has 0 spiro atoms. The number of piperidine rings is 1. The Morgan fingerprint density at radius 2 is 1.90 bits per heavy atom. The van der Waals surface area contributed by atoms with Gasteiger partial charge >= 0.3 is 5.97 Å². The predicted octanol–water partition coefficient (Wildman–Crippen LogP) is 1.65. The van der Waals surface area contributed by atoms with Gasteiger partial charge in [0.1, 0.15) is 0 Å². The monoisotopic (exact) mass is 280 g/mol. The van der Waals surface area contributed by atoms with Crippen molar-refractivity contribution in [3.63, 3.8) is 0 Å². The molecule has 2 atom stereocenters. The van der Waals surface area contributed by atoms with Crippen molar-refractivity contribution in [1.82, 2.24) is 10.2 Å². The van der Waals surface area contributed by atoms with Crippen LogP contribution in [0.4, 0.5) is 0 Å². The first-order chi connectivity index (χ1) is 9.72. The highest BCUT2D eigenvalue weighted by Crippen LogP contribution is 2.32. The minimum Gasteiger partial charge on any atom is -0.469 e. The molecule has 1 N–H and O–H groups in total. The highest BCUT2D eigenvalue weighted by Gasteiger charge is 2.33. The first-order valence-electron chi connectivity index (χ1n) is 8.25. The SMILES string of the molecule is COC(=O)CC1CC(NCC2CC2)CN(CC2CC2)C1. The molecule has 3 rings (SSSR count). The Hall–Kier alpha value is -0.610. The Morgan fingerprint density at radius 3 is 2.55 bits per heavy atom. The molecule has 2 aliphatic carbocycles. The maximum absolute atomic E-state index is 11.5. The van der Waals surface area contributed by atoms with Crippen LogP contribution in [-0.4, -0.2) is 50.2 Å². The van der Waals surface area contributed by atoms with E-state index in [1.54, 1.807) is 0 Å². The van der Waals surface area contributed by atoms with E-state index in [0.29, 0.717) is 18.4 Å². The number of nitrogens with one attached hydrogen (secondary N) is 1. The minimum atomic E-state index is -0.0517. The van der Waals surface area contributed by atoms with E-state index < -0.39 is 0 Å². The third-order valence-corrected chi connectivity index (χ3v) is 4.90. The van der Waals surface area contributed by atoms with Gasteiger partial charge in [0.15, 0.2) is 0 Å². The number of likely N-dealkylation sites (tertiary alicyclic amines) is 1. The van der Waals surface area contributed by atoms with Gasteiger partial charge in [0.2, 0.25) is 0 Å². The van der Waals surface area contributed by atoms with E-state index in [2.05, 4.69) is 10.2 Å². The summed E-state index contributed by atoms with van der Waals surface area (Å²) in [5.74, 6) is 2.26. The van der Waals surface area contributed by atoms with Gasteiger partial charge in [-0.25, -0.2) is 0 Å². The Bertz CT molecular complexity index is 339. The van der Waals surface area contributed by atoms with Crippen LogP contribution < -0.4 is 5.32 Å². The predicted molar refractivity (Wildman–Crippen MR) is 78.4 cm³/mol. The topological polar surface area (TPSA) is 41.6 Å². The van der Waals surface area contributed by atoms with Crippen LogP contribution in [-0.2, 0) is 9.53 Å². The van der Waals surface area contributed by atoms with Crippen LogP contribution in [0.3, 0.4) is 0 Å². The maximum Gasteiger partial charge on any atom is 0.305 e. The number of ether oxygens (including phenoxy) is 1. The molecule has 2 unspecified atom stereocenters. The first kappa shape index (κ1) is 14.3. The van der Waals surface area contributed by atoms with E-state index in [0.717, 1.165) is 24.8 Å². The van der Waals surface area contributed by atoms with Crippen molar-refractivity contribution in [3.05, 3.63) is 0 Å². The highest BCUT2D eigenvalue weighted by atomic mass is 16.5. The molecule has 2 saturated carbocycles. The molecule has 114 valence electrons. The Morgan fingerprint density at radius 1 is 1.15 bits per heavy atom. The third-order valence-electron chi connectivity index (χ3n) is 4.90. The summed E-state index contributed by atoms with van der Waals surface area (Å²) < 4.78 is 4.85. The summed E-state index contributed by atoms with van der Waals surface area (Å²) in [6, 6.07) is 0.567. The van der Waals surface area contributed by atoms with Crippen molar-refractivity contribution < 1.29 is 9.53 Å². The van der Waals surface area contributed by atoms with E-state index in [1.165, 1.54) is 52.4 Å². The van der Waals surface area contributed by atoms with Crippen LogP contribution in [0.15, 0.2) is 0 Å². The molecular weight excluding hydrogens is 252 g/mol. The molecule has 3 aliphatic rings. The van der Waals surface area contributed by atoms with Crippen LogP contribution in [0.25, 0.3) is 0 Å². The van der Waals surface area contributed by atoms with Gasteiger partial charge in [-0.15, -0.1) is 0 Å². The van der Waals surface area contributed by atoms with Crippen molar-refractivity contribution in [3.8, 4) is 0 Å². The molecule has 0 aromatic heterocycles. The van der Waals surface area contributed by atoms with Gasteiger partial charge in [0.05, 0.1) is 7.11 Å². The standard InChI is InChI=1S/C16H28N2O2/c1-20-16(19)7-14-6-15(17-8-12-2-3-12)11-18(10-14)9-13-4-5-13/h12-15,17H,2-11H2,1H3. The van der Waals surface area contributed by atoms with E-state index >= 15 is 0 Å². The number of carbonyl (C=O) groups excluding carboxylic acids is 1. The van der Waals surface area contributed by atoms with Crippen molar-refractivity contribution in [2.75, 3.05) is 33.3 Å². The van der Waals surface area contributed by atoms with Crippen LogP contribution in [0, 0.1) is 17.8 Å². The molecule has 0 aromatic carbocycles. The zero-order valence-corrected chi connectivity index (χ0v) is 12.6. The van der Waals surface area contributed by atoms with Crippen LogP contribution in [0.2, 0.25) is 0 Å². The van der Waals surface area contributed by atoms with Crippen LogP contribution >= 0.6 is 0 Å². The quantitative estimate of drug-likeness (QED) is 0.720. The molecule has 20 heavy (non-hydrogen) atoms. The van der Waals surface area contributed by atoms with Gasteiger partial charge in [-0.05, 0) is 56.4 Å². The average molecular weight is 280 g/mol. The van der Waals surface area contributed by atoms with Gasteiger partial charge < -0.3 is 15.0 Å². The van der Waals surface area contributed by atoms with E-state index in [9.17, 15) is 4.79 Å². The Balaban J connectivity index is 1.50. The van der Waals surface area contributed by atoms with Crippen LogP contribution in [0.5, 0.6) is 0 Å². The fourth-order valence-corrected chi connectivity index (χ4v) is 3.39. The molecule has 3 fully saturated rings. The Labute approximate surface area is 122 Å². The number of rotatable bonds is 7. The van der Waals surface area contributed by atoms with Crippen molar-refractivity contribution >= 4 is 5.97 Å². The fraction of sp³-hybridized carbons (Fsp3) is 0.938. The van der Waals surface area contributed by atoms with E-state index in [1.807, 2.05) is 0 Å². The minimum absolute atomic E-state index is 0.0517. The number of carbonyl (C=O) groups is 1. The van der Waals surface area contributed by atoms with Crippen LogP contribution in [0.1, 0.15) is 38.5 Å². The molecule has 4 nitrogen and oxygen atoms in total. The second kappa shape index (κ2) is 6.44. The zero-order valence-electron chi connectivity index (χ0n) is 12.6. The first-order valence-corrected chi connectivity index (χ1v) is 8.25. The summed E-state index contributed by atoms with van der Waals surface area (Å²) in [5, 5.41) is 3.73. The summed E-state index contributed by atoms with van der Waals surface area (Å²) >= 11 is 0. The van der Waals surface area contributed by atoms with E-state index in [4.69, 9.17) is 4.74 Å². The second-order valence-electron chi connectivity index (χ2n) is 7.09. The van der Waals surface area contributed by atoms with Gasteiger partial charge in [0, 0.05) is 32.1 Å². The van der Waals surface area contributed by atoms with E-state index in [-0.39, 0.29) is 5.97 Å². The molecule has 1 aliphatic heterocycles. The summed E-state index contributed by atoms with van der Waals surface area (Å²) in [6.07, 6.45) is 7.31. The van der Waals surface area contributed by atoms with Crippen molar-refractivity contribution in [2.45, 2.75) is 44.6 Å². The smallest absolute Gasteiger partial charge is 0.305 e. The summed E-state index contributed by atoms with van der Waals surface area (Å²) in [7, 11) is 1.50. The largest absolute Gasteiger partial charge is 0.469 e. The lowest BCUT2D eigenvalue weighted by Crippen LogP contribution is -2.50. The highest BCUT2D eigenvalue weighted by molar-refractivity contribution is 5.69. The zero-order chi connectivity index (χ0) is 13.9. The van der Waals surface area contributed by atoms with Crippen molar-refractivity contribution in [2.24, 2.45) is 17.8 Å². The number of esters is 1. The van der Waals surface area contributed by atoms with Gasteiger partial charge in [-0.3, -0.25) is 4.79 Å². The summed E-state index contributed by atoms with van der Waals surface area (Å²) in [5.41, 5.74) is 0. The Kier molecular flexibility index (Phi) is 4.61. The molecular formula is C16H28N2O2. The molecule has 0 radical (unpaired) electrons. The number of nitrogens with zero attached hydrogens (tertiary/aromatic N) is 1. The normalized spacial score (nSPS) is 31.2. The number of methoxy groups -OCH3 is 1. The molecule has 0 amide bonds. The number of hydrogen-bond acceptors (Lipinski definition) is 4. The molecule has 1 heterocycles. The number of hydrogen-bond donors (Lipinski definition) is 1. The molecule has 0 bridgehead atoms. The summed E-state index contributed by atoms with van der Waals surface area (Å²) in [6.45, 7) is 4.65. The average Bonchev–Trinajstić information content (AvgIpc) is 3.31. The van der Waals surface area contributed by atoms with Gasteiger partial charge in [0.25, 0.3) is 0 Å². The lowest BCUT2D eigenvalue weighted by atomic mass is 9.91. The lowest BCUT2D eigenvalue weighted by molar-refractivity contribution is -0.142.